The molecule has 1 heterocycles. The number of benzene rings is 2. The van der Waals surface area contributed by atoms with Crippen molar-refractivity contribution in [2.75, 3.05) is 6.61 Å². The summed E-state index contributed by atoms with van der Waals surface area (Å²) in [6, 6.07) is 13.9. The smallest absolute Gasteiger partial charge is 0.216 e. The Labute approximate surface area is 149 Å². The molecule has 0 atom stereocenters. The highest BCUT2D eigenvalue weighted by Gasteiger charge is 2.12. The minimum atomic E-state index is -0.384. The average Bonchev–Trinajstić information content (AvgIpc) is 3.00. The molecule has 0 unspecified atom stereocenters. The summed E-state index contributed by atoms with van der Waals surface area (Å²) < 4.78 is 21.2. The quantitative estimate of drug-likeness (QED) is 0.525. The second-order valence-corrected chi connectivity index (χ2v) is 5.69. The van der Waals surface area contributed by atoms with Gasteiger partial charge < -0.3 is 4.74 Å². The summed E-state index contributed by atoms with van der Waals surface area (Å²) in [5.41, 5.74) is 1.20. The molecule has 0 saturated heterocycles. The third kappa shape index (κ3) is 4.00. The maximum atomic E-state index is 14.0. The van der Waals surface area contributed by atoms with E-state index in [4.69, 9.17) is 17.0 Å². The first-order valence-electron chi connectivity index (χ1n) is 7.88. The van der Waals surface area contributed by atoms with E-state index < -0.39 is 0 Å². The number of hydrogen-bond donors (Lipinski definition) is 1. The van der Waals surface area contributed by atoms with E-state index in [1.807, 2.05) is 24.3 Å². The number of nitrogens with zero attached hydrogens (tertiary/aromatic N) is 3. The molecule has 0 spiro atoms. The van der Waals surface area contributed by atoms with Gasteiger partial charge in [0.1, 0.15) is 11.6 Å². The van der Waals surface area contributed by atoms with Gasteiger partial charge in [0.15, 0.2) is 5.82 Å². The number of nitrogens with one attached hydrogen (secondary N) is 1. The van der Waals surface area contributed by atoms with Crippen molar-refractivity contribution in [1.82, 2.24) is 14.9 Å². The van der Waals surface area contributed by atoms with Crippen molar-refractivity contribution >= 4 is 18.4 Å². The van der Waals surface area contributed by atoms with E-state index in [-0.39, 0.29) is 10.6 Å². The Morgan fingerprint density at radius 1 is 1.24 bits per heavy atom. The summed E-state index contributed by atoms with van der Waals surface area (Å²) in [5.74, 6) is 0.749. The van der Waals surface area contributed by atoms with Gasteiger partial charge in [0.05, 0.1) is 18.4 Å². The lowest BCUT2D eigenvalue weighted by molar-refractivity contribution is 0.317. The fourth-order valence-electron chi connectivity index (χ4n) is 2.21. The van der Waals surface area contributed by atoms with Crippen molar-refractivity contribution in [2.24, 2.45) is 5.10 Å². The lowest BCUT2D eigenvalue weighted by Crippen LogP contribution is -1.97. The third-order valence-corrected chi connectivity index (χ3v) is 3.70. The molecule has 3 rings (SSSR count). The minimum absolute atomic E-state index is 0.289. The summed E-state index contributed by atoms with van der Waals surface area (Å²) in [5, 5.41) is 11.1. The van der Waals surface area contributed by atoms with Gasteiger partial charge in [0, 0.05) is 0 Å². The number of ether oxygens (including phenoxy) is 1. The van der Waals surface area contributed by atoms with E-state index in [1.165, 1.54) is 10.7 Å². The zero-order valence-electron chi connectivity index (χ0n) is 13.6. The van der Waals surface area contributed by atoms with Gasteiger partial charge >= 0.3 is 0 Å². The van der Waals surface area contributed by atoms with Crippen LogP contribution in [-0.4, -0.2) is 27.7 Å². The molecule has 0 bridgehead atoms. The molecule has 1 aromatic heterocycles. The van der Waals surface area contributed by atoms with Crippen molar-refractivity contribution in [3.63, 3.8) is 0 Å². The average molecular weight is 356 g/mol. The molecular weight excluding hydrogens is 339 g/mol. The van der Waals surface area contributed by atoms with Crippen LogP contribution in [0.25, 0.3) is 11.4 Å². The van der Waals surface area contributed by atoms with E-state index in [1.54, 1.807) is 24.4 Å². The van der Waals surface area contributed by atoms with E-state index >= 15 is 0 Å². The SMILES string of the molecule is CCCOc1ccc(/C=N/n2c(-c3ccccc3F)n[nH]c2=S)cc1. The maximum Gasteiger partial charge on any atom is 0.216 e. The van der Waals surface area contributed by atoms with Gasteiger partial charge in [-0.15, -0.1) is 0 Å². The third-order valence-electron chi connectivity index (χ3n) is 3.44. The van der Waals surface area contributed by atoms with Crippen LogP contribution >= 0.6 is 12.2 Å². The summed E-state index contributed by atoms with van der Waals surface area (Å²) in [6.07, 6.45) is 2.60. The number of aromatic amines is 1. The molecule has 2 aromatic carbocycles. The number of halogens is 1. The minimum Gasteiger partial charge on any atom is -0.494 e. The second-order valence-electron chi connectivity index (χ2n) is 5.31. The summed E-state index contributed by atoms with van der Waals surface area (Å²) in [7, 11) is 0. The van der Waals surface area contributed by atoms with Crippen molar-refractivity contribution in [3.05, 3.63) is 64.7 Å². The summed E-state index contributed by atoms with van der Waals surface area (Å²) in [6.45, 7) is 2.74. The Bertz CT molecular complexity index is 931. The molecule has 0 radical (unpaired) electrons. The van der Waals surface area contributed by atoms with Crippen LogP contribution in [-0.2, 0) is 0 Å². The van der Waals surface area contributed by atoms with Crippen LogP contribution in [0.4, 0.5) is 4.39 Å². The molecule has 0 amide bonds. The zero-order chi connectivity index (χ0) is 17.6. The number of rotatable bonds is 6. The molecule has 25 heavy (non-hydrogen) atoms. The Kier molecular flexibility index (Phi) is 5.35. The Morgan fingerprint density at radius 3 is 2.72 bits per heavy atom. The molecule has 0 aliphatic carbocycles. The highest BCUT2D eigenvalue weighted by molar-refractivity contribution is 7.71. The van der Waals surface area contributed by atoms with Crippen molar-refractivity contribution in [1.29, 1.82) is 0 Å². The monoisotopic (exact) mass is 356 g/mol. The van der Waals surface area contributed by atoms with Crippen LogP contribution in [0.2, 0.25) is 0 Å². The van der Waals surface area contributed by atoms with Crippen LogP contribution in [0, 0.1) is 10.6 Å². The predicted octanol–water partition coefficient (Wildman–Crippen LogP) is 4.42. The van der Waals surface area contributed by atoms with Crippen LogP contribution in [0.15, 0.2) is 53.6 Å². The van der Waals surface area contributed by atoms with Crippen LogP contribution in [0.5, 0.6) is 5.75 Å². The Morgan fingerprint density at radius 2 is 2.00 bits per heavy atom. The fraction of sp³-hybridized carbons (Fsp3) is 0.167. The summed E-state index contributed by atoms with van der Waals surface area (Å²) >= 11 is 5.19. The van der Waals surface area contributed by atoms with Gasteiger partial charge in [0.2, 0.25) is 4.77 Å². The van der Waals surface area contributed by atoms with Gasteiger partial charge in [-0.1, -0.05) is 19.1 Å². The molecule has 5 nitrogen and oxygen atoms in total. The largest absolute Gasteiger partial charge is 0.494 e. The fourth-order valence-corrected chi connectivity index (χ4v) is 2.39. The van der Waals surface area contributed by atoms with E-state index in [2.05, 4.69) is 22.2 Å². The highest BCUT2D eigenvalue weighted by atomic mass is 32.1. The summed E-state index contributed by atoms with van der Waals surface area (Å²) in [4.78, 5) is 0. The Hall–Kier alpha value is -2.80. The first-order valence-corrected chi connectivity index (χ1v) is 8.29. The molecule has 7 heteroatoms. The molecule has 0 fully saturated rings. The van der Waals surface area contributed by atoms with Gasteiger partial charge in [-0.3, -0.25) is 0 Å². The van der Waals surface area contributed by atoms with Crippen molar-refractivity contribution < 1.29 is 9.13 Å². The number of H-pyrrole nitrogens is 1. The van der Waals surface area contributed by atoms with Crippen LogP contribution < -0.4 is 4.74 Å². The molecular formula is C18H17FN4OS. The van der Waals surface area contributed by atoms with Gasteiger partial charge in [-0.25, -0.2) is 9.49 Å². The lowest BCUT2D eigenvalue weighted by atomic mass is 10.2. The van der Waals surface area contributed by atoms with E-state index in [0.29, 0.717) is 18.0 Å². The first-order chi connectivity index (χ1) is 12.2. The van der Waals surface area contributed by atoms with Gasteiger partial charge in [-0.2, -0.15) is 14.9 Å². The predicted molar refractivity (Wildman–Crippen MR) is 98.0 cm³/mol. The Balaban J connectivity index is 1.86. The molecule has 3 aromatic rings. The highest BCUT2D eigenvalue weighted by Crippen LogP contribution is 2.20. The van der Waals surface area contributed by atoms with E-state index in [0.717, 1.165) is 17.7 Å². The van der Waals surface area contributed by atoms with Crippen LogP contribution in [0.3, 0.4) is 0 Å². The number of hydrogen-bond acceptors (Lipinski definition) is 4. The first kappa shape index (κ1) is 17.0. The lowest BCUT2D eigenvalue weighted by Gasteiger charge is -2.04. The van der Waals surface area contributed by atoms with Crippen LogP contribution in [0.1, 0.15) is 18.9 Å². The maximum absolute atomic E-state index is 14.0. The number of aromatic nitrogens is 3. The van der Waals surface area contributed by atoms with Crippen molar-refractivity contribution in [3.8, 4) is 17.1 Å². The van der Waals surface area contributed by atoms with E-state index in [9.17, 15) is 4.39 Å². The van der Waals surface area contributed by atoms with Gasteiger partial charge in [0.25, 0.3) is 0 Å². The molecule has 0 saturated carbocycles. The molecule has 1 N–H and O–H groups in total. The standard InChI is InChI=1S/C18H17FN4OS/c1-2-11-24-14-9-7-13(8-10-14)12-20-23-17(21-22-18(23)25)15-5-3-4-6-16(15)19/h3-10,12H,2,11H2,1H3,(H,22,25)/b20-12+. The molecule has 128 valence electrons. The molecule has 0 aliphatic heterocycles. The normalized spacial score (nSPS) is 11.1. The second kappa shape index (κ2) is 7.85. The zero-order valence-corrected chi connectivity index (χ0v) is 14.5. The molecule has 0 aliphatic rings. The van der Waals surface area contributed by atoms with Gasteiger partial charge in [-0.05, 0) is 60.6 Å². The topological polar surface area (TPSA) is 55.2 Å². The van der Waals surface area contributed by atoms with Crippen molar-refractivity contribution in [2.45, 2.75) is 13.3 Å².